The van der Waals surface area contributed by atoms with E-state index >= 15 is 0 Å². The predicted octanol–water partition coefficient (Wildman–Crippen LogP) is 2.29. The van der Waals surface area contributed by atoms with Crippen LogP contribution in [0.4, 0.5) is 11.4 Å². The molecule has 160 valence electrons. The van der Waals surface area contributed by atoms with Gasteiger partial charge in [-0.25, -0.2) is 13.6 Å². The number of hydrogen-bond acceptors (Lipinski definition) is 8. The number of anilines is 1. The molecule has 0 radical (unpaired) electrons. The molecule has 0 saturated heterocycles. The highest BCUT2D eigenvalue weighted by molar-refractivity contribution is 8.00. The Labute approximate surface area is 177 Å². The Morgan fingerprint density at radius 3 is 2.37 bits per heavy atom. The van der Waals surface area contributed by atoms with Gasteiger partial charge in [0.25, 0.3) is 11.6 Å². The number of rotatable bonds is 8. The Balaban J connectivity index is 1.94. The molecule has 0 spiro atoms. The zero-order valence-electron chi connectivity index (χ0n) is 16.0. The molecule has 2 unspecified atom stereocenters. The van der Waals surface area contributed by atoms with E-state index in [1.807, 2.05) is 0 Å². The van der Waals surface area contributed by atoms with Crippen LogP contribution < -0.4 is 10.5 Å². The van der Waals surface area contributed by atoms with Crippen LogP contribution in [0.5, 0.6) is 0 Å². The lowest BCUT2D eigenvalue weighted by atomic mass is 10.3. The van der Waals surface area contributed by atoms with Crippen LogP contribution in [-0.4, -0.2) is 36.6 Å². The summed E-state index contributed by atoms with van der Waals surface area (Å²) in [5, 5.41) is 17.5. The lowest BCUT2D eigenvalue weighted by molar-refractivity contribution is -0.384. The van der Waals surface area contributed by atoms with Crippen molar-refractivity contribution in [3.05, 3.63) is 58.6 Å². The number of ether oxygens (including phenoxy) is 1. The van der Waals surface area contributed by atoms with Crippen LogP contribution in [0.15, 0.2) is 58.3 Å². The summed E-state index contributed by atoms with van der Waals surface area (Å²) in [5.74, 6) is -1.30. The molecule has 2 rings (SSSR count). The molecule has 0 bridgehead atoms. The third-order valence-electron chi connectivity index (χ3n) is 3.78. The van der Waals surface area contributed by atoms with E-state index in [1.165, 1.54) is 55.5 Å². The first-order chi connectivity index (χ1) is 14.0. The number of hydrogen-bond donors (Lipinski definition) is 2. The number of nitrogens with two attached hydrogens (primary N) is 1. The van der Waals surface area contributed by atoms with Crippen LogP contribution in [0, 0.1) is 10.1 Å². The van der Waals surface area contributed by atoms with Crippen molar-refractivity contribution in [2.24, 2.45) is 5.14 Å². The van der Waals surface area contributed by atoms with Crippen LogP contribution in [-0.2, 0) is 24.3 Å². The fourth-order valence-electron chi connectivity index (χ4n) is 2.22. The lowest BCUT2D eigenvalue weighted by Gasteiger charge is -2.16. The van der Waals surface area contributed by atoms with Crippen molar-refractivity contribution >= 4 is 45.0 Å². The van der Waals surface area contributed by atoms with Crippen molar-refractivity contribution in [3.63, 3.8) is 0 Å². The highest BCUT2D eigenvalue weighted by Gasteiger charge is 2.23. The van der Waals surface area contributed by atoms with E-state index < -0.39 is 38.2 Å². The van der Waals surface area contributed by atoms with E-state index in [9.17, 15) is 28.1 Å². The van der Waals surface area contributed by atoms with Gasteiger partial charge in [-0.1, -0.05) is 6.07 Å². The number of carbonyl (C=O) groups excluding carboxylic acids is 2. The van der Waals surface area contributed by atoms with Crippen LogP contribution >= 0.6 is 11.8 Å². The zero-order chi connectivity index (χ0) is 22.5. The second-order valence-electron chi connectivity index (χ2n) is 6.15. The van der Waals surface area contributed by atoms with Gasteiger partial charge in [-0.2, -0.15) is 0 Å². The van der Waals surface area contributed by atoms with Crippen molar-refractivity contribution in [2.75, 3.05) is 5.32 Å². The third-order valence-corrected chi connectivity index (χ3v) is 5.79. The molecule has 30 heavy (non-hydrogen) atoms. The van der Waals surface area contributed by atoms with Gasteiger partial charge in [0.1, 0.15) is 5.25 Å². The lowest BCUT2D eigenvalue weighted by Crippen LogP contribution is -2.32. The largest absolute Gasteiger partial charge is 0.452 e. The maximum absolute atomic E-state index is 12.3. The van der Waals surface area contributed by atoms with Crippen molar-refractivity contribution in [3.8, 4) is 0 Å². The molecular weight excluding hydrogens is 434 g/mol. The smallest absolute Gasteiger partial charge is 0.319 e. The topological polar surface area (TPSA) is 159 Å². The van der Waals surface area contributed by atoms with E-state index in [0.717, 1.165) is 11.8 Å². The number of benzene rings is 2. The second-order valence-corrected chi connectivity index (χ2v) is 9.13. The Morgan fingerprint density at radius 2 is 1.80 bits per heavy atom. The number of nitrogens with one attached hydrogen (secondary N) is 1. The summed E-state index contributed by atoms with van der Waals surface area (Å²) in [4.78, 5) is 35.1. The minimum atomic E-state index is -3.93. The minimum Gasteiger partial charge on any atom is -0.452 e. The van der Waals surface area contributed by atoms with Crippen molar-refractivity contribution < 1.29 is 27.7 Å². The van der Waals surface area contributed by atoms with E-state index in [-0.39, 0.29) is 16.3 Å². The van der Waals surface area contributed by atoms with E-state index in [1.54, 1.807) is 6.92 Å². The molecule has 0 aromatic heterocycles. The first kappa shape index (κ1) is 23.3. The molecule has 12 heteroatoms. The second kappa shape index (κ2) is 9.69. The molecular formula is C18H19N3O7S2. The van der Waals surface area contributed by atoms with Gasteiger partial charge in [0, 0.05) is 22.7 Å². The molecule has 1 amide bonds. The summed E-state index contributed by atoms with van der Waals surface area (Å²) in [6.07, 6.45) is -1.14. The number of primary sulfonamides is 1. The van der Waals surface area contributed by atoms with E-state index in [2.05, 4.69) is 5.32 Å². The van der Waals surface area contributed by atoms with Gasteiger partial charge in [-0.3, -0.25) is 19.7 Å². The number of non-ortho nitro benzene ring substituents is 1. The average Bonchev–Trinajstić information content (AvgIpc) is 2.67. The molecule has 3 N–H and O–H groups in total. The normalized spacial score (nSPS) is 13.2. The standard InChI is InChI=1S/C18H19N3O7S2/c1-11(17(22)20-13-4-3-5-16(10-13)30(19,26)27)28-18(23)12(2)29-15-8-6-14(7-9-15)21(24)25/h3-12H,1-2H3,(H,20,22)(H2,19,26,27). The van der Waals surface area contributed by atoms with Gasteiger partial charge >= 0.3 is 5.97 Å². The zero-order valence-corrected chi connectivity index (χ0v) is 17.6. The number of thioether (sulfide) groups is 1. The summed E-state index contributed by atoms with van der Waals surface area (Å²) in [5.41, 5.74) is 0.120. The van der Waals surface area contributed by atoms with Crippen LogP contribution in [0.3, 0.4) is 0 Å². The van der Waals surface area contributed by atoms with Crippen LogP contribution in [0.1, 0.15) is 13.8 Å². The van der Waals surface area contributed by atoms with Gasteiger partial charge in [0.05, 0.1) is 9.82 Å². The molecule has 0 aliphatic carbocycles. The summed E-state index contributed by atoms with van der Waals surface area (Å²) in [6.45, 7) is 2.95. The van der Waals surface area contributed by atoms with Gasteiger partial charge in [0.15, 0.2) is 6.10 Å². The van der Waals surface area contributed by atoms with Gasteiger partial charge < -0.3 is 10.1 Å². The van der Waals surface area contributed by atoms with E-state index in [4.69, 9.17) is 9.88 Å². The average molecular weight is 453 g/mol. The summed E-state index contributed by atoms with van der Waals surface area (Å²) in [7, 11) is -3.93. The van der Waals surface area contributed by atoms with Crippen LogP contribution in [0.2, 0.25) is 0 Å². The SMILES string of the molecule is CC(OC(=O)C(C)Sc1ccc([N+](=O)[O-])cc1)C(=O)Nc1cccc(S(N)(=O)=O)c1. The van der Waals surface area contributed by atoms with Crippen molar-refractivity contribution in [2.45, 2.75) is 35.0 Å². The van der Waals surface area contributed by atoms with Gasteiger partial charge in [-0.15, -0.1) is 11.8 Å². The summed E-state index contributed by atoms with van der Waals surface area (Å²) >= 11 is 1.13. The Bertz CT molecular complexity index is 1060. The number of carbonyl (C=O) groups is 2. The highest BCUT2D eigenvalue weighted by atomic mass is 32.2. The van der Waals surface area contributed by atoms with Crippen molar-refractivity contribution in [1.82, 2.24) is 0 Å². The molecule has 10 nitrogen and oxygen atoms in total. The fraction of sp³-hybridized carbons (Fsp3) is 0.222. The molecule has 0 saturated carbocycles. The monoisotopic (exact) mass is 453 g/mol. The van der Waals surface area contributed by atoms with E-state index in [0.29, 0.717) is 4.90 Å². The maximum atomic E-state index is 12.3. The highest BCUT2D eigenvalue weighted by Crippen LogP contribution is 2.26. The Hall–Kier alpha value is -2.96. The molecule has 0 fully saturated rings. The molecule has 0 aliphatic heterocycles. The quantitative estimate of drug-likeness (QED) is 0.266. The maximum Gasteiger partial charge on any atom is 0.319 e. The first-order valence-electron chi connectivity index (χ1n) is 8.52. The minimum absolute atomic E-state index is 0.0635. The molecule has 2 aromatic carbocycles. The number of sulfonamides is 1. The Kier molecular flexibility index (Phi) is 7.54. The van der Waals surface area contributed by atoms with Gasteiger partial charge in [-0.05, 0) is 44.2 Å². The Morgan fingerprint density at radius 1 is 1.17 bits per heavy atom. The van der Waals surface area contributed by atoms with Gasteiger partial charge in [0.2, 0.25) is 10.0 Å². The summed E-state index contributed by atoms with van der Waals surface area (Å²) in [6, 6.07) is 11.0. The predicted molar refractivity (Wildman–Crippen MR) is 110 cm³/mol. The molecule has 2 aromatic rings. The fourth-order valence-corrected chi connectivity index (χ4v) is 3.63. The van der Waals surface area contributed by atoms with Crippen molar-refractivity contribution in [1.29, 1.82) is 0 Å². The number of nitrogens with zero attached hydrogens (tertiary/aromatic N) is 1. The first-order valence-corrected chi connectivity index (χ1v) is 11.0. The molecule has 0 heterocycles. The number of nitro benzene ring substituents is 1. The summed E-state index contributed by atoms with van der Waals surface area (Å²) < 4.78 is 27.9. The number of amides is 1. The number of nitro groups is 1. The molecule has 2 atom stereocenters. The van der Waals surface area contributed by atoms with Crippen LogP contribution in [0.25, 0.3) is 0 Å². The third kappa shape index (κ3) is 6.54. The molecule has 0 aliphatic rings. The number of esters is 1.